The van der Waals surface area contributed by atoms with Crippen LogP contribution in [0.4, 0.5) is 13.6 Å². The summed E-state index contributed by atoms with van der Waals surface area (Å²) in [5.74, 6) is -0.803. The molecular weight excluding hydrogens is 336 g/mol. The summed E-state index contributed by atoms with van der Waals surface area (Å²) < 4.78 is 28.6. The Morgan fingerprint density at radius 1 is 1.23 bits per heavy atom. The number of amides is 2. The average Bonchev–Trinajstić information content (AvgIpc) is 2.96. The van der Waals surface area contributed by atoms with E-state index in [-0.39, 0.29) is 18.1 Å². The van der Waals surface area contributed by atoms with Crippen molar-refractivity contribution >= 4 is 6.03 Å². The molecule has 1 aliphatic heterocycles. The number of rotatable bonds is 3. The summed E-state index contributed by atoms with van der Waals surface area (Å²) in [5, 5.41) is 0. The normalized spacial score (nSPS) is 19.7. The van der Waals surface area contributed by atoms with Crippen LogP contribution in [-0.4, -0.2) is 48.6 Å². The fourth-order valence-electron chi connectivity index (χ4n) is 3.48. The maximum absolute atomic E-state index is 15.1. The molecular formula is C20H23F2N3O. The first-order valence-electron chi connectivity index (χ1n) is 8.65. The molecule has 6 heteroatoms. The third kappa shape index (κ3) is 3.55. The van der Waals surface area contributed by atoms with Crippen LogP contribution in [0.15, 0.2) is 42.5 Å². The lowest BCUT2D eigenvalue weighted by Crippen LogP contribution is -2.47. The van der Waals surface area contributed by atoms with Crippen LogP contribution in [0.3, 0.4) is 0 Å². The molecule has 4 nitrogen and oxygen atoms in total. The van der Waals surface area contributed by atoms with Gasteiger partial charge in [0.05, 0.1) is 6.04 Å². The van der Waals surface area contributed by atoms with E-state index in [2.05, 4.69) is 0 Å². The Kier molecular flexibility index (Phi) is 5.23. The number of carbonyl (C=O) groups is 1. The lowest BCUT2D eigenvalue weighted by Gasteiger charge is -2.29. The molecule has 138 valence electrons. The van der Waals surface area contributed by atoms with Crippen molar-refractivity contribution in [2.75, 3.05) is 20.6 Å². The minimum absolute atomic E-state index is 0.121. The minimum atomic E-state index is -0.409. The number of nitrogens with two attached hydrogens (primary N) is 1. The quantitative estimate of drug-likeness (QED) is 0.915. The molecule has 2 atom stereocenters. The molecule has 2 aromatic rings. The summed E-state index contributed by atoms with van der Waals surface area (Å²) in [6, 6.07) is 10.4. The summed E-state index contributed by atoms with van der Waals surface area (Å²) in [5.41, 5.74) is 7.50. The molecule has 0 spiro atoms. The fraction of sp³-hybridized carbons (Fsp3) is 0.350. The first kappa shape index (κ1) is 18.3. The van der Waals surface area contributed by atoms with Gasteiger partial charge in [-0.3, -0.25) is 0 Å². The van der Waals surface area contributed by atoms with Crippen LogP contribution in [0.1, 0.15) is 12.0 Å². The van der Waals surface area contributed by atoms with Crippen molar-refractivity contribution in [3.05, 3.63) is 59.7 Å². The molecule has 2 amide bonds. The Balaban J connectivity index is 1.90. The second-order valence-corrected chi connectivity index (χ2v) is 6.88. The lowest BCUT2D eigenvalue weighted by molar-refractivity contribution is 0.163. The molecule has 1 aliphatic rings. The molecule has 0 radical (unpaired) electrons. The first-order valence-corrected chi connectivity index (χ1v) is 8.65. The van der Waals surface area contributed by atoms with Crippen molar-refractivity contribution in [2.24, 2.45) is 5.73 Å². The predicted molar refractivity (Wildman–Crippen MR) is 97.7 cm³/mol. The maximum atomic E-state index is 15.1. The largest absolute Gasteiger partial charge is 0.331 e. The molecule has 2 aromatic carbocycles. The lowest BCUT2D eigenvalue weighted by atomic mass is 9.96. The van der Waals surface area contributed by atoms with Crippen LogP contribution in [0.5, 0.6) is 0 Å². The summed E-state index contributed by atoms with van der Waals surface area (Å²) >= 11 is 0. The highest BCUT2D eigenvalue weighted by atomic mass is 19.1. The van der Waals surface area contributed by atoms with Crippen LogP contribution >= 0.6 is 0 Å². The molecule has 1 heterocycles. The number of benzene rings is 2. The summed E-state index contributed by atoms with van der Waals surface area (Å²) in [6.45, 7) is 0.564. The van der Waals surface area contributed by atoms with E-state index >= 15 is 4.39 Å². The molecule has 0 aliphatic carbocycles. The molecule has 3 rings (SSSR count). The van der Waals surface area contributed by atoms with E-state index in [1.165, 1.54) is 17.0 Å². The summed E-state index contributed by atoms with van der Waals surface area (Å²) in [7, 11) is 3.38. The van der Waals surface area contributed by atoms with Crippen molar-refractivity contribution in [3.8, 4) is 11.1 Å². The van der Waals surface area contributed by atoms with Crippen LogP contribution in [0, 0.1) is 11.6 Å². The first-order chi connectivity index (χ1) is 12.4. The molecule has 2 N–H and O–H groups in total. The van der Waals surface area contributed by atoms with Gasteiger partial charge in [-0.15, -0.1) is 0 Å². The topological polar surface area (TPSA) is 49.6 Å². The van der Waals surface area contributed by atoms with Crippen molar-refractivity contribution < 1.29 is 13.6 Å². The molecule has 2 unspecified atom stereocenters. The Hall–Kier alpha value is -2.47. The zero-order valence-electron chi connectivity index (χ0n) is 15.0. The fourth-order valence-corrected chi connectivity index (χ4v) is 3.48. The van der Waals surface area contributed by atoms with Crippen LogP contribution in [-0.2, 0) is 6.42 Å². The molecule has 0 bridgehead atoms. The third-order valence-corrected chi connectivity index (χ3v) is 4.87. The van der Waals surface area contributed by atoms with Gasteiger partial charge in [0, 0.05) is 32.2 Å². The van der Waals surface area contributed by atoms with Gasteiger partial charge in [0.15, 0.2) is 0 Å². The van der Waals surface area contributed by atoms with Crippen LogP contribution in [0.2, 0.25) is 0 Å². The number of likely N-dealkylation sites (tertiary alicyclic amines) is 1. The molecule has 1 fully saturated rings. The Labute approximate surface area is 152 Å². The van der Waals surface area contributed by atoms with Crippen LogP contribution in [0.25, 0.3) is 11.1 Å². The van der Waals surface area contributed by atoms with Gasteiger partial charge in [-0.1, -0.05) is 30.3 Å². The number of nitrogens with zero attached hydrogens (tertiary/aromatic N) is 2. The minimum Gasteiger partial charge on any atom is -0.331 e. The predicted octanol–water partition coefficient (Wildman–Crippen LogP) is 3.26. The van der Waals surface area contributed by atoms with Crippen molar-refractivity contribution in [3.63, 3.8) is 0 Å². The number of carbonyl (C=O) groups excluding carboxylic acids is 1. The Morgan fingerprint density at radius 3 is 2.65 bits per heavy atom. The Morgan fingerprint density at radius 2 is 1.96 bits per heavy atom. The van der Waals surface area contributed by atoms with E-state index in [1.54, 1.807) is 49.3 Å². The van der Waals surface area contributed by atoms with Gasteiger partial charge >= 0.3 is 6.03 Å². The monoisotopic (exact) mass is 359 g/mol. The van der Waals surface area contributed by atoms with Gasteiger partial charge in [0.2, 0.25) is 0 Å². The molecule has 0 saturated carbocycles. The number of hydrogen-bond donors (Lipinski definition) is 1. The molecule has 26 heavy (non-hydrogen) atoms. The highest BCUT2D eigenvalue weighted by Gasteiger charge is 2.36. The maximum Gasteiger partial charge on any atom is 0.319 e. The summed E-state index contributed by atoms with van der Waals surface area (Å²) in [6.07, 6.45) is 1.02. The zero-order chi connectivity index (χ0) is 18.8. The second-order valence-electron chi connectivity index (χ2n) is 6.88. The molecule has 1 saturated heterocycles. The summed E-state index contributed by atoms with van der Waals surface area (Å²) in [4.78, 5) is 15.6. The van der Waals surface area contributed by atoms with Crippen molar-refractivity contribution in [1.29, 1.82) is 0 Å². The van der Waals surface area contributed by atoms with E-state index in [1.807, 2.05) is 0 Å². The SMILES string of the molecule is CN(C)C(=O)N1CCC(N)C1Cc1cccc(-c2cccc(F)c2)c1F. The number of urea groups is 1. The number of halogens is 2. The smallest absolute Gasteiger partial charge is 0.319 e. The standard InChI is InChI=1S/C20H23F2N3O/c1-24(2)20(26)25-10-9-17(23)18(25)12-14-6-4-8-16(19(14)22)13-5-3-7-15(21)11-13/h3-8,11,17-18H,9-10,12,23H2,1-2H3. The van der Waals surface area contributed by atoms with E-state index in [0.29, 0.717) is 36.1 Å². The van der Waals surface area contributed by atoms with E-state index < -0.39 is 11.6 Å². The van der Waals surface area contributed by atoms with E-state index in [0.717, 1.165) is 0 Å². The second kappa shape index (κ2) is 7.41. The van der Waals surface area contributed by atoms with E-state index in [9.17, 15) is 9.18 Å². The van der Waals surface area contributed by atoms with Gasteiger partial charge in [-0.2, -0.15) is 0 Å². The average molecular weight is 359 g/mol. The van der Waals surface area contributed by atoms with Crippen molar-refractivity contribution in [2.45, 2.75) is 24.9 Å². The van der Waals surface area contributed by atoms with Gasteiger partial charge in [-0.25, -0.2) is 13.6 Å². The van der Waals surface area contributed by atoms with Crippen molar-refractivity contribution in [1.82, 2.24) is 9.80 Å². The Bertz CT molecular complexity index is 809. The van der Waals surface area contributed by atoms with Gasteiger partial charge in [-0.05, 0) is 36.1 Å². The molecule has 0 aromatic heterocycles. The highest BCUT2D eigenvalue weighted by molar-refractivity contribution is 5.74. The van der Waals surface area contributed by atoms with Gasteiger partial charge in [0.1, 0.15) is 11.6 Å². The zero-order valence-corrected chi connectivity index (χ0v) is 15.0. The number of hydrogen-bond acceptors (Lipinski definition) is 2. The third-order valence-electron chi connectivity index (χ3n) is 4.87. The van der Waals surface area contributed by atoms with Gasteiger partial charge in [0.25, 0.3) is 0 Å². The highest BCUT2D eigenvalue weighted by Crippen LogP contribution is 2.28. The van der Waals surface area contributed by atoms with Crippen LogP contribution < -0.4 is 5.73 Å². The van der Waals surface area contributed by atoms with Gasteiger partial charge < -0.3 is 15.5 Å². The van der Waals surface area contributed by atoms with E-state index in [4.69, 9.17) is 5.73 Å².